The lowest BCUT2D eigenvalue weighted by molar-refractivity contribution is 0.311. The molecule has 0 amide bonds. The molecule has 0 bridgehead atoms. The highest BCUT2D eigenvalue weighted by Crippen LogP contribution is 2.34. The van der Waals surface area contributed by atoms with Gasteiger partial charge in [-0.1, -0.05) is 71.6 Å². The van der Waals surface area contributed by atoms with E-state index in [-0.39, 0.29) is 0 Å². The molecule has 0 heterocycles. The summed E-state index contributed by atoms with van der Waals surface area (Å²) in [4.78, 5) is 0. The molecule has 0 aliphatic carbocycles. The zero-order valence-electron chi connectivity index (χ0n) is 13.5. The van der Waals surface area contributed by atoms with Gasteiger partial charge in [0.1, 0.15) is 0 Å². The Hall–Kier alpha value is 0.240. The topological polar surface area (TPSA) is 9.23 Å². The van der Waals surface area contributed by atoms with Crippen LogP contribution < -0.4 is 0 Å². The molecule has 0 rings (SSSR count). The second-order valence-electron chi connectivity index (χ2n) is 5.99. The van der Waals surface area contributed by atoms with Crippen LogP contribution in [0.5, 0.6) is 0 Å². The number of unbranched alkanes of at least 4 members (excludes halogenated alkanes) is 3. The van der Waals surface area contributed by atoms with Crippen LogP contribution in [0.4, 0.5) is 0 Å². The number of hydrogen-bond donors (Lipinski definition) is 0. The molecule has 1 unspecified atom stereocenters. The van der Waals surface area contributed by atoms with Gasteiger partial charge in [-0.2, -0.15) is 0 Å². The van der Waals surface area contributed by atoms with Gasteiger partial charge in [-0.3, -0.25) is 0 Å². The Labute approximate surface area is 130 Å². The molecule has 0 aromatic heterocycles. The number of hydrogen-bond acceptors (Lipinski definition) is 3. The molecule has 0 radical (unpaired) electrons. The van der Waals surface area contributed by atoms with Crippen molar-refractivity contribution >= 4 is 28.4 Å². The molecule has 0 aromatic rings. The van der Waals surface area contributed by atoms with Gasteiger partial charge in [0.2, 0.25) is 4.38 Å². The molecule has 1 nitrogen and oxygen atoms in total. The molecular weight excluding hydrogens is 272 g/mol. The maximum Gasteiger partial charge on any atom is 0.220 e. The highest BCUT2D eigenvalue weighted by atomic mass is 32.2. The van der Waals surface area contributed by atoms with Crippen molar-refractivity contribution in [1.29, 1.82) is 0 Å². The largest absolute Gasteiger partial charge is 0.479 e. The fraction of sp³-hybridized carbons (Fsp3) is 0.938. The number of thioether (sulfide) groups is 1. The van der Waals surface area contributed by atoms with E-state index in [0.29, 0.717) is 17.3 Å². The third kappa shape index (κ3) is 10.7. The van der Waals surface area contributed by atoms with E-state index < -0.39 is 0 Å². The first-order valence-corrected chi connectivity index (χ1v) is 9.07. The lowest BCUT2D eigenvalue weighted by Crippen LogP contribution is -2.19. The monoisotopic (exact) mass is 304 g/mol. The van der Waals surface area contributed by atoms with Crippen molar-refractivity contribution in [2.75, 3.05) is 6.61 Å². The van der Waals surface area contributed by atoms with Gasteiger partial charge >= 0.3 is 0 Å². The number of ether oxygens (including phenoxy) is 1. The van der Waals surface area contributed by atoms with Gasteiger partial charge in [-0.05, 0) is 37.4 Å². The number of thiocarbonyl (C=S) groups is 1. The molecule has 0 saturated heterocycles. The van der Waals surface area contributed by atoms with Crippen LogP contribution >= 0.6 is 24.0 Å². The van der Waals surface area contributed by atoms with Crippen molar-refractivity contribution in [3.05, 3.63) is 0 Å². The van der Waals surface area contributed by atoms with E-state index in [2.05, 4.69) is 27.7 Å². The molecule has 3 heteroatoms. The Balaban J connectivity index is 4.25. The average molecular weight is 305 g/mol. The van der Waals surface area contributed by atoms with Crippen LogP contribution in [0.3, 0.4) is 0 Å². The molecular formula is C16H32OS2. The third-order valence-corrected chi connectivity index (χ3v) is 5.09. The van der Waals surface area contributed by atoms with Crippen molar-refractivity contribution in [2.24, 2.45) is 5.41 Å². The zero-order chi connectivity index (χ0) is 14.7. The van der Waals surface area contributed by atoms with Crippen LogP contribution in [-0.2, 0) is 4.74 Å². The van der Waals surface area contributed by atoms with E-state index in [9.17, 15) is 0 Å². The Morgan fingerprint density at radius 2 is 1.84 bits per heavy atom. The molecule has 0 fully saturated rings. The van der Waals surface area contributed by atoms with Gasteiger partial charge in [-0.25, -0.2) is 0 Å². The fourth-order valence-corrected chi connectivity index (χ4v) is 3.85. The number of rotatable bonds is 10. The quantitative estimate of drug-likeness (QED) is 0.351. The predicted molar refractivity (Wildman–Crippen MR) is 93.1 cm³/mol. The summed E-state index contributed by atoms with van der Waals surface area (Å²) in [5.74, 6) is 0. The first-order chi connectivity index (χ1) is 8.95. The van der Waals surface area contributed by atoms with Crippen molar-refractivity contribution < 1.29 is 4.74 Å². The maximum absolute atomic E-state index is 5.44. The first kappa shape index (κ1) is 19.2. The smallest absolute Gasteiger partial charge is 0.220 e. The van der Waals surface area contributed by atoms with Gasteiger partial charge in [0.05, 0.1) is 6.61 Å². The molecule has 0 aromatic carbocycles. The summed E-state index contributed by atoms with van der Waals surface area (Å²) < 4.78 is 6.17. The highest BCUT2D eigenvalue weighted by molar-refractivity contribution is 8.23. The highest BCUT2D eigenvalue weighted by Gasteiger charge is 2.23. The third-order valence-electron chi connectivity index (χ3n) is 3.64. The molecule has 114 valence electrons. The van der Waals surface area contributed by atoms with Crippen LogP contribution in [0.15, 0.2) is 0 Å². The fourth-order valence-electron chi connectivity index (χ4n) is 2.05. The normalized spacial score (nSPS) is 13.3. The van der Waals surface area contributed by atoms with Gasteiger partial charge in [0.25, 0.3) is 0 Å². The van der Waals surface area contributed by atoms with E-state index in [1.807, 2.05) is 6.92 Å². The minimum absolute atomic E-state index is 0.407. The first-order valence-electron chi connectivity index (χ1n) is 7.78. The second-order valence-corrected chi connectivity index (χ2v) is 7.90. The Bertz CT molecular complexity index is 239. The lowest BCUT2D eigenvalue weighted by Gasteiger charge is -2.28. The van der Waals surface area contributed by atoms with Gasteiger partial charge in [0, 0.05) is 5.25 Å². The Kier molecular flexibility index (Phi) is 11.1. The van der Waals surface area contributed by atoms with E-state index >= 15 is 0 Å². The van der Waals surface area contributed by atoms with Crippen LogP contribution in [0.25, 0.3) is 0 Å². The van der Waals surface area contributed by atoms with Crippen LogP contribution in [0, 0.1) is 5.41 Å². The van der Waals surface area contributed by atoms with Crippen molar-refractivity contribution in [3.63, 3.8) is 0 Å². The summed E-state index contributed by atoms with van der Waals surface area (Å²) >= 11 is 7.08. The molecule has 1 atom stereocenters. The molecule has 0 spiro atoms. The second kappa shape index (κ2) is 11.0. The standard InChI is InChI=1S/C16H32OS2/c1-6-9-10-11-12-14(13-16(4,5)7-2)19-15(18)17-8-3/h14H,6-13H2,1-5H3. The molecule has 0 N–H and O–H groups in total. The molecule has 0 aliphatic rings. The summed E-state index contributed by atoms with van der Waals surface area (Å²) in [5, 5.41) is 0.617. The average Bonchev–Trinajstić information content (AvgIpc) is 2.34. The summed E-state index contributed by atoms with van der Waals surface area (Å²) in [6.45, 7) is 11.9. The van der Waals surface area contributed by atoms with Crippen LogP contribution in [0.2, 0.25) is 0 Å². The van der Waals surface area contributed by atoms with Gasteiger partial charge in [-0.15, -0.1) is 0 Å². The summed E-state index contributed by atoms with van der Waals surface area (Å²) in [5.41, 5.74) is 0.407. The molecule has 0 saturated carbocycles. The summed E-state index contributed by atoms with van der Waals surface area (Å²) in [7, 11) is 0. The summed E-state index contributed by atoms with van der Waals surface area (Å²) in [6, 6.07) is 0. The SMILES string of the molecule is CCCCCCC(CC(C)(C)CC)SC(=S)OCC. The maximum atomic E-state index is 5.44. The Morgan fingerprint density at radius 3 is 2.37 bits per heavy atom. The van der Waals surface area contributed by atoms with Gasteiger partial charge in [0.15, 0.2) is 0 Å². The zero-order valence-corrected chi connectivity index (χ0v) is 15.1. The molecule has 0 aliphatic heterocycles. The summed E-state index contributed by atoms with van der Waals surface area (Å²) in [6.07, 6.45) is 9.04. The van der Waals surface area contributed by atoms with Gasteiger partial charge < -0.3 is 4.74 Å². The van der Waals surface area contributed by atoms with Crippen molar-refractivity contribution in [3.8, 4) is 0 Å². The lowest BCUT2D eigenvalue weighted by atomic mass is 9.84. The van der Waals surface area contributed by atoms with Crippen LogP contribution in [0.1, 0.15) is 79.6 Å². The van der Waals surface area contributed by atoms with E-state index in [0.717, 1.165) is 4.38 Å². The Morgan fingerprint density at radius 1 is 1.16 bits per heavy atom. The van der Waals surface area contributed by atoms with Crippen LogP contribution in [-0.4, -0.2) is 16.2 Å². The van der Waals surface area contributed by atoms with E-state index in [1.165, 1.54) is 44.9 Å². The predicted octanol–water partition coefficient (Wildman–Crippen LogP) is 6.21. The van der Waals surface area contributed by atoms with E-state index in [1.54, 1.807) is 11.8 Å². The molecule has 19 heavy (non-hydrogen) atoms. The van der Waals surface area contributed by atoms with E-state index in [4.69, 9.17) is 17.0 Å². The minimum atomic E-state index is 0.407. The minimum Gasteiger partial charge on any atom is -0.479 e. The van der Waals surface area contributed by atoms with Crippen molar-refractivity contribution in [1.82, 2.24) is 0 Å². The van der Waals surface area contributed by atoms with Crippen molar-refractivity contribution in [2.45, 2.75) is 84.8 Å².